The number of nitrogens with one attached hydrogen (secondary N) is 1. The zero-order valence-corrected chi connectivity index (χ0v) is 12.4. The van der Waals surface area contributed by atoms with Gasteiger partial charge >= 0.3 is 0 Å². The molecule has 0 heterocycles. The van der Waals surface area contributed by atoms with E-state index in [2.05, 4.69) is 65.9 Å². The van der Waals surface area contributed by atoms with Crippen LogP contribution in [-0.4, -0.2) is 6.04 Å². The molecule has 1 rings (SSSR count). The Morgan fingerprint density at radius 3 is 1.76 bits per heavy atom. The normalized spacial score (nSPS) is 15.1. The first-order valence-electron chi connectivity index (χ1n) is 6.66. The summed E-state index contributed by atoms with van der Waals surface area (Å²) in [4.78, 5) is 0. The molecule has 1 nitrogen and oxygen atoms in total. The Kier molecular flexibility index (Phi) is 4.76. The topological polar surface area (TPSA) is 12.0 Å². The van der Waals surface area contributed by atoms with Crippen LogP contribution < -0.4 is 5.32 Å². The first-order chi connectivity index (χ1) is 7.82. The zero-order chi connectivity index (χ0) is 13.2. The van der Waals surface area contributed by atoms with Crippen molar-refractivity contribution < 1.29 is 0 Å². The summed E-state index contributed by atoms with van der Waals surface area (Å²) in [6.07, 6.45) is 0. The fourth-order valence-electron chi connectivity index (χ4n) is 2.54. The molecule has 1 N–H and O–H groups in total. The molecule has 0 saturated carbocycles. The van der Waals surface area contributed by atoms with Crippen molar-refractivity contribution in [3.05, 3.63) is 34.4 Å². The molecule has 1 aromatic rings. The van der Waals surface area contributed by atoms with Crippen LogP contribution >= 0.6 is 0 Å². The van der Waals surface area contributed by atoms with E-state index in [1.54, 1.807) is 0 Å². The van der Waals surface area contributed by atoms with Gasteiger partial charge in [0.1, 0.15) is 0 Å². The van der Waals surface area contributed by atoms with E-state index in [0.29, 0.717) is 18.0 Å². The summed E-state index contributed by atoms with van der Waals surface area (Å²) < 4.78 is 0. The van der Waals surface area contributed by atoms with Crippen LogP contribution in [0.15, 0.2) is 12.1 Å². The number of hydrogen-bond acceptors (Lipinski definition) is 1. The number of hydrogen-bond donors (Lipinski definition) is 1. The minimum atomic E-state index is 0.424. The standard InChI is InChI=1S/C16H27N/c1-10(2)14(6)17-15(7)16-12(4)8-11(3)9-13(16)5/h8-10,14-15,17H,1-7H3. The Labute approximate surface area is 107 Å². The Balaban J connectivity index is 2.93. The van der Waals surface area contributed by atoms with Gasteiger partial charge in [-0.15, -0.1) is 0 Å². The second-order valence-corrected chi connectivity index (χ2v) is 5.73. The largest absolute Gasteiger partial charge is 0.307 e. The molecule has 0 amide bonds. The molecule has 96 valence electrons. The van der Waals surface area contributed by atoms with Crippen molar-refractivity contribution in [2.75, 3.05) is 0 Å². The van der Waals surface area contributed by atoms with E-state index in [1.807, 2.05) is 0 Å². The Bertz CT molecular complexity index is 356. The first-order valence-corrected chi connectivity index (χ1v) is 6.66. The lowest BCUT2D eigenvalue weighted by Gasteiger charge is -2.26. The third-order valence-corrected chi connectivity index (χ3v) is 3.68. The van der Waals surface area contributed by atoms with Crippen LogP contribution in [0.25, 0.3) is 0 Å². The fourth-order valence-corrected chi connectivity index (χ4v) is 2.54. The summed E-state index contributed by atoms with van der Waals surface area (Å²) in [5.74, 6) is 0.670. The van der Waals surface area contributed by atoms with Gasteiger partial charge in [0, 0.05) is 12.1 Å². The summed E-state index contributed by atoms with van der Waals surface area (Å²) >= 11 is 0. The van der Waals surface area contributed by atoms with E-state index in [1.165, 1.54) is 22.3 Å². The van der Waals surface area contributed by atoms with Crippen LogP contribution in [0.2, 0.25) is 0 Å². The maximum Gasteiger partial charge on any atom is 0.0299 e. The molecule has 17 heavy (non-hydrogen) atoms. The Hall–Kier alpha value is -0.820. The monoisotopic (exact) mass is 233 g/mol. The van der Waals surface area contributed by atoms with Crippen molar-refractivity contribution in [3.8, 4) is 0 Å². The van der Waals surface area contributed by atoms with Gasteiger partial charge < -0.3 is 5.32 Å². The van der Waals surface area contributed by atoms with Gasteiger partial charge in [0.25, 0.3) is 0 Å². The molecule has 0 saturated heterocycles. The molecule has 0 aliphatic heterocycles. The first kappa shape index (κ1) is 14.2. The molecule has 0 aliphatic carbocycles. The van der Waals surface area contributed by atoms with Crippen LogP contribution in [0.1, 0.15) is 56.0 Å². The number of benzene rings is 1. The van der Waals surface area contributed by atoms with Crippen molar-refractivity contribution >= 4 is 0 Å². The zero-order valence-electron chi connectivity index (χ0n) is 12.4. The third-order valence-electron chi connectivity index (χ3n) is 3.68. The van der Waals surface area contributed by atoms with Gasteiger partial charge in [-0.2, -0.15) is 0 Å². The van der Waals surface area contributed by atoms with Crippen LogP contribution in [0.4, 0.5) is 0 Å². The van der Waals surface area contributed by atoms with E-state index in [9.17, 15) is 0 Å². The van der Waals surface area contributed by atoms with Gasteiger partial charge in [0.2, 0.25) is 0 Å². The molecule has 1 heteroatoms. The van der Waals surface area contributed by atoms with Crippen LogP contribution in [-0.2, 0) is 0 Å². The Morgan fingerprint density at radius 1 is 0.882 bits per heavy atom. The van der Waals surface area contributed by atoms with Gasteiger partial charge in [-0.3, -0.25) is 0 Å². The molecule has 2 unspecified atom stereocenters. The average Bonchev–Trinajstić information content (AvgIpc) is 2.15. The average molecular weight is 233 g/mol. The minimum absolute atomic E-state index is 0.424. The predicted octanol–water partition coefficient (Wildman–Crippen LogP) is 4.31. The lowest BCUT2D eigenvalue weighted by Crippen LogP contribution is -2.33. The van der Waals surface area contributed by atoms with Crippen molar-refractivity contribution in [1.29, 1.82) is 0 Å². The highest BCUT2D eigenvalue weighted by Crippen LogP contribution is 2.24. The molecule has 0 aliphatic rings. The van der Waals surface area contributed by atoms with Crippen LogP contribution in [0.5, 0.6) is 0 Å². The summed E-state index contributed by atoms with van der Waals surface area (Å²) in [5.41, 5.74) is 5.62. The maximum absolute atomic E-state index is 3.70. The van der Waals surface area contributed by atoms with E-state index in [4.69, 9.17) is 0 Å². The summed E-state index contributed by atoms with van der Waals surface area (Å²) in [6, 6.07) is 5.53. The lowest BCUT2D eigenvalue weighted by molar-refractivity contribution is 0.387. The maximum atomic E-state index is 3.70. The molecule has 0 bridgehead atoms. The molecule has 2 atom stereocenters. The van der Waals surface area contributed by atoms with E-state index in [0.717, 1.165) is 0 Å². The molecule has 0 spiro atoms. The molecule has 0 fully saturated rings. The number of aryl methyl sites for hydroxylation is 3. The second kappa shape index (κ2) is 5.68. The smallest absolute Gasteiger partial charge is 0.0299 e. The number of rotatable bonds is 4. The van der Waals surface area contributed by atoms with Crippen LogP contribution in [0.3, 0.4) is 0 Å². The molecule has 0 radical (unpaired) electrons. The lowest BCUT2D eigenvalue weighted by atomic mass is 9.93. The summed E-state index contributed by atoms with van der Waals surface area (Å²) in [5, 5.41) is 3.70. The van der Waals surface area contributed by atoms with Crippen molar-refractivity contribution in [2.45, 2.75) is 60.5 Å². The van der Waals surface area contributed by atoms with E-state index in [-0.39, 0.29) is 0 Å². The van der Waals surface area contributed by atoms with Gasteiger partial charge in [-0.1, -0.05) is 31.5 Å². The van der Waals surface area contributed by atoms with E-state index >= 15 is 0 Å². The van der Waals surface area contributed by atoms with Gasteiger partial charge in [0.15, 0.2) is 0 Å². The van der Waals surface area contributed by atoms with Gasteiger partial charge in [0.05, 0.1) is 0 Å². The van der Waals surface area contributed by atoms with Crippen LogP contribution in [0, 0.1) is 26.7 Å². The predicted molar refractivity (Wildman–Crippen MR) is 76.5 cm³/mol. The Morgan fingerprint density at radius 2 is 1.35 bits per heavy atom. The highest BCUT2D eigenvalue weighted by molar-refractivity contribution is 5.39. The molecular formula is C16H27N. The SMILES string of the molecule is Cc1cc(C)c(C(C)NC(C)C(C)C)c(C)c1. The quantitative estimate of drug-likeness (QED) is 0.817. The fraction of sp³-hybridized carbons (Fsp3) is 0.625. The van der Waals surface area contributed by atoms with E-state index < -0.39 is 0 Å². The van der Waals surface area contributed by atoms with Crippen molar-refractivity contribution in [2.24, 2.45) is 5.92 Å². The molecule has 0 aromatic heterocycles. The molecule has 1 aromatic carbocycles. The van der Waals surface area contributed by atoms with Gasteiger partial charge in [-0.25, -0.2) is 0 Å². The van der Waals surface area contributed by atoms with Gasteiger partial charge in [-0.05, 0) is 57.2 Å². The summed E-state index contributed by atoms with van der Waals surface area (Å²) in [6.45, 7) is 15.7. The summed E-state index contributed by atoms with van der Waals surface area (Å²) in [7, 11) is 0. The third kappa shape index (κ3) is 3.57. The second-order valence-electron chi connectivity index (χ2n) is 5.73. The highest BCUT2D eigenvalue weighted by Gasteiger charge is 2.15. The highest BCUT2D eigenvalue weighted by atomic mass is 14.9. The molecular weight excluding hydrogens is 206 g/mol. The van der Waals surface area contributed by atoms with Crippen molar-refractivity contribution in [1.82, 2.24) is 5.32 Å². The van der Waals surface area contributed by atoms with Crippen molar-refractivity contribution in [3.63, 3.8) is 0 Å². The minimum Gasteiger partial charge on any atom is -0.307 e.